The standard InChI is InChI=1S/C21H21N5OS/c1-14(2)26-17(10-12-23-26)20(27)25(13-16-8-4-5-11-22-16)21-24-19-15(3)7-6-9-18(19)28-21/h4-12,14H,13H2,1-3H3. The van der Waals surface area contributed by atoms with Crippen molar-refractivity contribution in [1.29, 1.82) is 0 Å². The van der Waals surface area contributed by atoms with Gasteiger partial charge in [0.15, 0.2) is 5.13 Å². The van der Waals surface area contributed by atoms with E-state index in [1.807, 2.05) is 57.2 Å². The summed E-state index contributed by atoms with van der Waals surface area (Å²) in [5.74, 6) is -0.131. The van der Waals surface area contributed by atoms with Crippen LogP contribution in [0.2, 0.25) is 0 Å². The zero-order valence-corrected chi connectivity index (χ0v) is 16.8. The summed E-state index contributed by atoms with van der Waals surface area (Å²) in [6.45, 7) is 6.40. The van der Waals surface area contributed by atoms with Crippen molar-refractivity contribution in [2.45, 2.75) is 33.4 Å². The van der Waals surface area contributed by atoms with Crippen molar-refractivity contribution in [2.24, 2.45) is 0 Å². The summed E-state index contributed by atoms with van der Waals surface area (Å²) in [6.07, 6.45) is 3.40. The lowest BCUT2D eigenvalue weighted by Crippen LogP contribution is -2.32. The van der Waals surface area contributed by atoms with Crippen molar-refractivity contribution >= 4 is 32.6 Å². The van der Waals surface area contributed by atoms with Gasteiger partial charge in [0.25, 0.3) is 5.91 Å². The van der Waals surface area contributed by atoms with Crippen LogP contribution in [0.4, 0.5) is 5.13 Å². The quantitative estimate of drug-likeness (QED) is 0.498. The van der Waals surface area contributed by atoms with E-state index in [2.05, 4.69) is 10.1 Å². The summed E-state index contributed by atoms with van der Waals surface area (Å²) in [7, 11) is 0. The van der Waals surface area contributed by atoms with Gasteiger partial charge in [-0.1, -0.05) is 29.5 Å². The highest BCUT2D eigenvalue weighted by molar-refractivity contribution is 7.22. The van der Waals surface area contributed by atoms with Crippen LogP contribution >= 0.6 is 11.3 Å². The van der Waals surface area contributed by atoms with Crippen LogP contribution in [0.3, 0.4) is 0 Å². The summed E-state index contributed by atoms with van der Waals surface area (Å²) in [6, 6.07) is 13.6. The van der Waals surface area contributed by atoms with Gasteiger partial charge in [-0.15, -0.1) is 0 Å². The minimum Gasteiger partial charge on any atom is -0.277 e. The van der Waals surface area contributed by atoms with E-state index in [0.717, 1.165) is 21.5 Å². The molecule has 0 fully saturated rings. The monoisotopic (exact) mass is 391 g/mol. The second-order valence-corrected chi connectivity index (χ2v) is 7.89. The van der Waals surface area contributed by atoms with Crippen molar-refractivity contribution in [3.63, 3.8) is 0 Å². The fraction of sp³-hybridized carbons (Fsp3) is 0.238. The number of para-hydroxylation sites is 1. The third-order valence-electron chi connectivity index (χ3n) is 4.51. The van der Waals surface area contributed by atoms with Crippen molar-refractivity contribution in [2.75, 3.05) is 4.90 Å². The van der Waals surface area contributed by atoms with Gasteiger partial charge >= 0.3 is 0 Å². The molecule has 3 heterocycles. The van der Waals surface area contributed by atoms with Crippen LogP contribution < -0.4 is 4.90 Å². The first kappa shape index (κ1) is 18.3. The molecule has 3 aromatic heterocycles. The first-order chi connectivity index (χ1) is 13.5. The normalized spacial score (nSPS) is 11.3. The highest BCUT2D eigenvalue weighted by Crippen LogP contribution is 2.32. The molecular formula is C21H21N5OS. The van der Waals surface area contributed by atoms with Gasteiger partial charge in [-0.3, -0.25) is 19.4 Å². The summed E-state index contributed by atoms with van der Waals surface area (Å²) < 4.78 is 2.80. The van der Waals surface area contributed by atoms with Crippen molar-refractivity contribution in [1.82, 2.24) is 19.7 Å². The molecule has 0 aliphatic heterocycles. The van der Waals surface area contributed by atoms with E-state index in [9.17, 15) is 4.79 Å². The number of thiazole rings is 1. The predicted octanol–water partition coefficient (Wildman–Crippen LogP) is 4.62. The zero-order valence-electron chi connectivity index (χ0n) is 16.0. The smallest absolute Gasteiger partial charge is 0.277 e. The van der Waals surface area contributed by atoms with Crippen LogP contribution in [0.15, 0.2) is 54.9 Å². The molecular weight excluding hydrogens is 370 g/mol. The molecule has 0 radical (unpaired) electrons. The lowest BCUT2D eigenvalue weighted by atomic mass is 10.2. The van der Waals surface area contributed by atoms with Gasteiger partial charge in [0.05, 0.1) is 22.5 Å². The largest absolute Gasteiger partial charge is 0.278 e. The SMILES string of the molecule is Cc1cccc2sc(N(Cc3ccccn3)C(=O)c3ccnn3C(C)C)nc12. The van der Waals surface area contributed by atoms with Crippen LogP contribution in [0.1, 0.15) is 41.6 Å². The minimum absolute atomic E-state index is 0.0864. The Balaban J connectivity index is 1.80. The van der Waals surface area contributed by atoms with Crippen LogP contribution in [-0.2, 0) is 6.54 Å². The van der Waals surface area contributed by atoms with Crippen LogP contribution in [-0.4, -0.2) is 25.7 Å². The fourth-order valence-corrected chi connectivity index (χ4v) is 4.14. The predicted molar refractivity (Wildman–Crippen MR) is 112 cm³/mol. The molecule has 0 saturated heterocycles. The number of aryl methyl sites for hydroxylation is 1. The number of hydrogen-bond donors (Lipinski definition) is 0. The third-order valence-corrected chi connectivity index (χ3v) is 5.55. The maximum atomic E-state index is 13.5. The van der Waals surface area contributed by atoms with Crippen molar-refractivity contribution in [3.05, 3.63) is 71.8 Å². The van der Waals surface area contributed by atoms with Crippen LogP contribution in [0.5, 0.6) is 0 Å². The van der Waals surface area contributed by atoms with E-state index in [1.54, 1.807) is 28.0 Å². The van der Waals surface area contributed by atoms with Crippen LogP contribution in [0.25, 0.3) is 10.2 Å². The number of hydrogen-bond acceptors (Lipinski definition) is 5. The molecule has 4 aromatic rings. The second-order valence-electron chi connectivity index (χ2n) is 6.89. The van der Waals surface area contributed by atoms with E-state index in [4.69, 9.17) is 4.98 Å². The molecule has 142 valence electrons. The number of carbonyl (C=O) groups is 1. The number of carbonyl (C=O) groups excluding carboxylic acids is 1. The first-order valence-corrected chi connectivity index (χ1v) is 9.97. The average molecular weight is 392 g/mol. The highest BCUT2D eigenvalue weighted by Gasteiger charge is 2.25. The zero-order chi connectivity index (χ0) is 19.7. The molecule has 0 aliphatic rings. The molecule has 0 aliphatic carbocycles. The molecule has 1 amide bonds. The van der Waals surface area contributed by atoms with E-state index in [-0.39, 0.29) is 11.9 Å². The van der Waals surface area contributed by atoms with Gasteiger partial charge in [-0.25, -0.2) is 4.98 Å². The molecule has 4 rings (SSSR count). The van der Waals surface area contributed by atoms with Gasteiger partial charge in [-0.05, 0) is 50.6 Å². The first-order valence-electron chi connectivity index (χ1n) is 9.16. The maximum absolute atomic E-state index is 13.5. The summed E-state index contributed by atoms with van der Waals surface area (Å²) in [5, 5.41) is 4.98. The summed E-state index contributed by atoms with van der Waals surface area (Å²) >= 11 is 1.52. The van der Waals surface area contributed by atoms with Gasteiger partial charge < -0.3 is 0 Å². The summed E-state index contributed by atoms with van der Waals surface area (Å²) in [4.78, 5) is 24.4. The molecule has 28 heavy (non-hydrogen) atoms. The Morgan fingerprint density at radius 1 is 1.14 bits per heavy atom. The van der Waals surface area contributed by atoms with Gasteiger partial charge in [-0.2, -0.15) is 5.10 Å². The van der Waals surface area contributed by atoms with Gasteiger partial charge in [0, 0.05) is 18.4 Å². The number of anilines is 1. The highest BCUT2D eigenvalue weighted by atomic mass is 32.1. The molecule has 6 nitrogen and oxygen atoms in total. The van der Waals surface area contributed by atoms with E-state index < -0.39 is 0 Å². The van der Waals surface area contributed by atoms with Crippen molar-refractivity contribution < 1.29 is 4.79 Å². The van der Waals surface area contributed by atoms with Gasteiger partial charge in [0.1, 0.15) is 5.69 Å². The molecule has 0 saturated carbocycles. The number of pyridine rings is 1. The average Bonchev–Trinajstić information content (AvgIpc) is 3.34. The molecule has 0 unspecified atom stereocenters. The Bertz CT molecular complexity index is 1120. The number of amides is 1. The maximum Gasteiger partial charge on any atom is 0.278 e. The Labute approximate surface area is 167 Å². The number of aromatic nitrogens is 4. The summed E-state index contributed by atoms with van der Waals surface area (Å²) in [5.41, 5.74) is 3.38. The lowest BCUT2D eigenvalue weighted by molar-refractivity contribution is 0.0972. The van der Waals surface area contributed by atoms with Crippen molar-refractivity contribution in [3.8, 4) is 0 Å². The number of rotatable bonds is 5. The molecule has 0 bridgehead atoms. The molecule has 0 spiro atoms. The van der Waals surface area contributed by atoms with E-state index in [1.165, 1.54) is 11.3 Å². The molecule has 0 atom stereocenters. The minimum atomic E-state index is -0.131. The third kappa shape index (κ3) is 3.41. The number of fused-ring (bicyclic) bond motifs is 1. The number of benzene rings is 1. The Morgan fingerprint density at radius 3 is 2.71 bits per heavy atom. The van der Waals surface area contributed by atoms with Crippen LogP contribution in [0, 0.1) is 6.92 Å². The Kier molecular flexibility index (Phi) is 4.92. The van der Waals surface area contributed by atoms with E-state index >= 15 is 0 Å². The lowest BCUT2D eigenvalue weighted by Gasteiger charge is -2.21. The Hall–Kier alpha value is -3.06. The molecule has 0 N–H and O–H groups in total. The topological polar surface area (TPSA) is 63.9 Å². The second kappa shape index (κ2) is 7.52. The molecule has 1 aromatic carbocycles. The van der Waals surface area contributed by atoms with E-state index in [0.29, 0.717) is 17.4 Å². The Morgan fingerprint density at radius 2 is 2.00 bits per heavy atom. The molecule has 7 heteroatoms. The fourth-order valence-electron chi connectivity index (χ4n) is 3.10. The number of nitrogens with zero attached hydrogens (tertiary/aromatic N) is 5. The van der Waals surface area contributed by atoms with Gasteiger partial charge in [0.2, 0.25) is 0 Å².